The van der Waals surface area contributed by atoms with Gasteiger partial charge in [0.2, 0.25) is 0 Å². The Morgan fingerprint density at radius 3 is 2.23 bits per heavy atom. The molecule has 0 N–H and O–H groups in total. The molecule has 2 atom stereocenters. The summed E-state index contributed by atoms with van der Waals surface area (Å²) < 4.78 is 1.72. The molecular formula is C24H20ClN3OS. The van der Waals surface area contributed by atoms with Gasteiger partial charge in [-0.15, -0.1) is 11.8 Å². The molecule has 1 aromatic heterocycles. The minimum Gasteiger partial charge on any atom is -0.294 e. The summed E-state index contributed by atoms with van der Waals surface area (Å²) in [6, 6.07) is 27.4. The van der Waals surface area contributed by atoms with Crippen LogP contribution >= 0.6 is 23.4 Å². The van der Waals surface area contributed by atoms with E-state index in [0.29, 0.717) is 17.1 Å². The van der Waals surface area contributed by atoms with Gasteiger partial charge < -0.3 is 0 Å². The van der Waals surface area contributed by atoms with Crippen molar-refractivity contribution >= 4 is 29.1 Å². The molecular weight excluding hydrogens is 414 g/mol. The zero-order valence-corrected chi connectivity index (χ0v) is 17.7. The first-order valence-corrected chi connectivity index (χ1v) is 10.9. The van der Waals surface area contributed by atoms with Crippen LogP contribution in [-0.2, 0) is 6.54 Å². The Hall–Kier alpha value is -2.89. The topological polar surface area (TPSA) is 47.8 Å². The van der Waals surface area contributed by atoms with Crippen LogP contribution in [0.2, 0.25) is 5.02 Å². The van der Waals surface area contributed by atoms with Crippen LogP contribution in [0.4, 0.5) is 0 Å². The Balaban J connectivity index is 1.75. The molecule has 3 aromatic carbocycles. The number of hydrogen-bond acceptors (Lipinski definition) is 4. The maximum absolute atomic E-state index is 13.7. The monoisotopic (exact) mass is 433 g/mol. The van der Waals surface area contributed by atoms with Crippen molar-refractivity contribution in [1.82, 2.24) is 14.8 Å². The number of aromatic nitrogens is 3. The van der Waals surface area contributed by atoms with Crippen molar-refractivity contribution in [2.24, 2.45) is 5.92 Å². The fourth-order valence-electron chi connectivity index (χ4n) is 3.34. The zero-order chi connectivity index (χ0) is 20.8. The van der Waals surface area contributed by atoms with Crippen LogP contribution in [0.5, 0.6) is 0 Å². The number of rotatable bonds is 8. The molecule has 4 aromatic rings. The molecule has 0 aliphatic rings. The molecule has 0 unspecified atom stereocenters. The number of hydrogen-bond donors (Lipinski definition) is 0. The molecule has 6 heteroatoms. The number of carbonyl (C=O) groups is 1. The van der Waals surface area contributed by atoms with Crippen LogP contribution in [0, 0.1) is 5.92 Å². The van der Waals surface area contributed by atoms with Crippen LogP contribution in [0.1, 0.15) is 21.2 Å². The van der Waals surface area contributed by atoms with Gasteiger partial charge in [0.05, 0.1) is 12.5 Å². The second kappa shape index (κ2) is 9.74. The summed E-state index contributed by atoms with van der Waals surface area (Å²) in [5, 5.41) is 4.76. The SMILES string of the molecule is O=C(c1ccc(Cl)cc1)[C@H](Cn1cncn1)[C@H](Sc1ccccc1)c1ccccc1. The van der Waals surface area contributed by atoms with E-state index in [1.165, 1.54) is 6.33 Å². The molecule has 0 saturated heterocycles. The number of halogens is 1. The molecule has 0 aliphatic carbocycles. The van der Waals surface area contributed by atoms with E-state index in [-0.39, 0.29) is 17.0 Å². The fourth-order valence-corrected chi connectivity index (χ4v) is 4.74. The standard InChI is InChI=1S/C24H20ClN3OS/c25-20-13-11-18(12-14-20)23(29)22(15-28-17-26-16-27-28)24(19-7-3-1-4-8-19)30-21-9-5-2-6-10-21/h1-14,16-17,22,24H,15H2/t22-,24+/m0/s1. The predicted molar refractivity (Wildman–Crippen MR) is 121 cm³/mol. The van der Waals surface area contributed by atoms with Gasteiger partial charge in [-0.05, 0) is 42.0 Å². The molecule has 0 spiro atoms. The molecule has 30 heavy (non-hydrogen) atoms. The largest absolute Gasteiger partial charge is 0.294 e. The van der Waals surface area contributed by atoms with Crippen molar-refractivity contribution in [3.63, 3.8) is 0 Å². The van der Waals surface area contributed by atoms with E-state index >= 15 is 0 Å². The lowest BCUT2D eigenvalue weighted by Crippen LogP contribution is -2.26. The van der Waals surface area contributed by atoms with Crippen molar-refractivity contribution in [2.75, 3.05) is 0 Å². The number of benzene rings is 3. The lowest BCUT2D eigenvalue weighted by atomic mass is 9.90. The van der Waals surface area contributed by atoms with Gasteiger partial charge in [0, 0.05) is 20.7 Å². The fraction of sp³-hybridized carbons (Fsp3) is 0.125. The van der Waals surface area contributed by atoms with Crippen molar-refractivity contribution in [2.45, 2.75) is 16.7 Å². The van der Waals surface area contributed by atoms with Gasteiger partial charge in [0.25, 0.3) is 0 Å². The predicted octanol–water partition coefficient (Wildman–Crippen LogP) is 5.96. The van der Waals surface area contributed by atoms with Crippen LogP contribution < -0.4 is 0 Å². The van der Waals surface area contributed by atoms with E-state index in [2.05, 4.69) is 34.3 Å². The highest BCUT2D eigenvalue weighted by atomic mass is 35.5. The summed E-state index contributed by atoms with van der Waals surface area (Å²) in [4.78, 5) is 18.8. The van der Waals surface area contributed by atoms with E-state index in [1.807, 2.05) is 36.4 Å². The van der Waals surface area contributed by atoms with Crippen LogP contribution in [0.25, 0.3) is 0 Å². The third-order valence-corrected chi connectivity index (χ3v) is 6.47. The van der Waals surface area contributed by atoms with Crippen molar-refractivity contribution in [1.29, 1.82) is 0 Å². The summed E-state index contributed by atoms with van der Waals surface area (Å²) in [5.74, 6) is -0.292. The molecule has 0 radical (unpaired) electrons. The Bertz CT molecular complexity index is 1070. The second-order valence-electron chi connectivity index (χ2n) is 6.86. The van der Waals surface area contributed by atoms with E-state index in [9.17, 15) is 4.79 Å². The third kappa shape index (κ3) is 4.99. The van der Waals surface area contributed by atoms with Gasteiger partial charge in [-0.25, -0.2) is 4.98 Å². The molecule has 4 nitrogen and oxygen atoms in total. The first-order valence-electron chi connectivity index (χ1n) is 9.59. The van der Waals surface area contributed by atoms with Gasteiger partial charge in [-0.3, -0.25) is 9.48 Å². The summed E-state index contributed by atoms with van der Waals surface area (Å²) in [6.07, 6.45) is 3.14. The summed E-state index contributed by atoms with van der Waals surface area (Å²) >= 11 is 7.73. The summed E-state index contributed by atoms with van der Waals surface area (Å²) in [6.45, 7) is 0.431. The molecule has 0 fully saturated rings. The van der Waals surface area contributed by atoms with E-state index in [0.717, 1.165) is 10.5 Å². The number of ketones is 1. The highest BCUT2D eigenvalue weighted by Crippen LogP contribution is 2.42. The Labute approximate surface area is 184 Å². The second-order valence-corrected chi connectivity index (χ2v) is 8.51. The van der Waals surface area contributed by atoms with Gasteiger partial charge in [0.1, 0.15) is 12.7 Å². The van der Waals surface area contributed by atoms with Gasteiger partial charge >= 0.3 is 0 Å². The maximum atomic E-state index is 13.7. The number of carbonyl (C=O) groups excluding carboxylic acids is 1. The molecule has 150 valence electrons. The van der Waals surface area contributed by atoms with Gasteiger partial charge in [-0.1, -0.05) is 60.1 Å². The molecule has 0 amide bonds. The Morgan fingerprint density at radius 1 is 0.933 bits per heavy atom. The lowest BCUT2D eigenvalue weighted by molar-refractivity contribution is 0.0901. The van der Waals surface area contributed by atoms with Crippen molar-refractivity contribution in [3.05, 3.63) is 114 Å². The minimum absolute atomic E-state index is 0.0550. The average Bonchev–Trinajstić information content (AvgIpc) is 3.31. The Morgan fingerprint density at radius 2 is 1.60 bits per heavy atom. The minimum atomic E-state index is -0.347. The van der Waals surface area contributed by atoms with Gasteiger partial charge in [-0.2, -0.15) is 5.10 Å². The first kappa shape index (κ1) is 20.4. The molecule has 0 saturated carbocycles. The molecule has 4 rings (SSSR count). The summed E-state index contributed by atoms with van der Waals surface area (Å²) in [5.41, 5.74) is 1.73. The summed E-state index contributed by atoms with van der Waals surface area (Å²) in [7, 11) is 0. The number of thioether (sulfide) groups is 1. The average molecular weight is 434 g/mol. The van der Waals surface area contributed by atoms with Gasteiger partial charge in [0.15, 0.2) is 5.78 Å². The van der Waals surface area contributed by atoms with E-state index in [1.54, 1.807) is 47.0 Å². The number of nitrogens with zero attached hydrogens (tertiary/aromatic N) is 3. The van der Waals surface area contributed by atoms with E-state index < -0.39 is 0 Å². The van der Waals surface area contributed by atoms with Crippen molar-refractivity contribution < 1.29 is 4.79 Å². The highest BCUT2D eigenvalue weighted by molar-refractivity contribution is 7.99. The molecule has 0 bridgehead atoms. The Kier molecular flexibility index (Phi) is 6.62. The smallest absolute Gasteiger partial charge is 0.169 e. The quantitative estimate of drug-likeness (QED) is 0.254. The van der Waals surface area contributed by atoms with Crippen LogP contribution in [-0.4, -0.2) is 20.5 Å². The van der Waals surface area contributed by atoms with Crippen LogP contribution in [0.3, 0.4) is 0 Å². The lowest BCUT2D eigenvalue weighted by Gasteiger charge is -2.26. The highest BCUT2D eigenvalue weighted by Gasteiger charge is 2.32. The van der Waals surface area contributed by atoms with Crippen molar-refractivity contribution in [3.8, 4) is 0 Å². The maximum Gasteiger partial charge on any atom is 0.169 e. The van der Waals surface area contributed by atoms with Crippen LogP contribution in [0.15, 0.2) is 102 Å². The molecule has 0 aliphatic heterocycles. The van der Waals surface area contributed by atoms with E-state index in [4.69, 9.17) is 11.6 Å². The third-order valence-electron chi connectivity index (χ3n) is 4.82. The normalized spacial score (nSPS) is 13.0. The number of Topliss-reactive ketones (excluding diaryl/α,β-unsaturated/α-hetero) is 1. The first-order chi connectivity index (χ1) is 14.7. The molecule has 1 heterocycles. The zero-order valence-electron chi connectivity index (χ0n) is 16.1.